The van der Waals surface area contributed by atoms with Gasteiger partial charge in [-0.25, -0.2) is 8.78 Å². The molecule has 2 aromatic rings. The largest absolute Gasteiger partial charge is 0.327 e. The molecule has 1 nitrogen and oxygen atoms in total. The molecular formula is C17H19F2N. The predicted octanol–water partition coefficient (Wildman–Crippen LogP) is 4.03. The van der Waals surface area contributed by atoms with Crippen LogP contribution in [0.1, 0.15) is 30.4 Å². The van der Waals surface area contributed by atoms with Crippen molar-refractivity contribution in [2.75, 3.05) is 0 Å². The summed E-state index contributed by atoms with van der Waals surface area (Å²) < 4.78 is 26.9. The van der Waals surface area contributed by atoms with Crippen molar-refractivity contribution in [3.05, 3.63) is 71.3 Å². The average Bonchev–Trinajstić information content (AvgIpc) is 2.46. The van der Waals surface area contributed by atoms with Gasteiger partial charge in [0.25, 0.3) is 0 Å². The molecule has 0 aliphatic rings. The number of rotatable bonds is 5. The first-order valence-corrected chi connectivity index (χ1v) is 6.87. The molecule has 2 rings (SSSR count). The van der Waals surface area contributed by atoms with Crippen LogP contribution in [0.25, 0.3) is 0 Å². The number of hydrogen-bond donors (Lipinski definition) is 1. The SMILES string of the molecule is CCC(c1ccccc1)C(N)Cc1cccc(F)c1F. The van der Waals surface area contributed by atoms with Gasteiger partial charge in [-0.05, 0) is 36.0 Å². The maximum atomic E-state index is 13.7. The summed E-state index contributed by atoms with van der Waals surface area (Å²) in [7, 11) is 0. The monoisotopic (exact) mass is 275 g/mol. The molecule has 0 heterocycles. The van der Waals surface area contributed by atoms with Gasteiger partial charge in [0.05, 0.1) is 0 Å². The average molecular weight is 275 g/mol. The fourth-order valence-electron chi connectivity index (χ4n) is 2.59. The van der Waals surface area contributed by atoms with Gasteiger partial charge >= 0.3 is 0 Å². The van der Waals surface area contributed by atoms with Crippen molar-refractivity contribution in [3.8, 4) is 0 Å². The molecule has 2 N–H and O–H groups in total. The first kappa shape index (κ1) is 14.7. The van der Waals surface area contributed by atoms with Crippen LogP contribution >= 0.6 is 0 Å². The zero-order valence-electron chi connectivity index (χ0n) is 11.5. The van der Waals surface area contributed by atoms with Crippen LogP contribution in [0.3, 0.4) is 0 Å². The molecule has 0 spiro atoms. The number of halogens is 2. The highest BCUT2D eigenvalue weighted by molar-refractivity contribution is 5.24. The molecule has 0 fully saturated rings. The van der Waals surface area contributed by atoms with E-state index in [1.807, 2.05) is 30.3 Å². The normalized spacial score (nSPS) is 14.0. The second kappa shape index (κ2) is 6.62. The highest BCUT2D eigenvalue weighted by Crippen LogP contribution is 2.25. The van der Waals surface area contributed by atoms with Crippen LogP contribution < -0.4 is 5.73 Å². The van der Waals surface area contributed by atoms with Gasteiger partial charge in [0, 0.05) is 6.04 Å². The molecule has 106 valence electrons. The summed E-state index contributed by atoms with van der Waals surface area (Å²) in [5, 5.41) is 0. The van der Waals surface area contributed by atoms with Crippen molar-refractivity contribution < 1.29 is 8.78 Å². The first-order valence-electron chi connectivity index (χ1n) is 6.87. The zero-order valence-corrected chi connectivity index (χ0v) is 11.5. The van der Waals surface area contributed by atoms with Gasteiger partial charge in [-0.1, -0.05) is 49.4 Å². The minimum absolute atomic E-state index is 0.138. The Morgan fingerprint density at radius 1 is 1.00 bits per heavy atom. The third-order valence-electron chi connectivity index (χ3n) is 3.67. The van der Waals surface area contributed by atoms with Crippen LogP contribution in [0.2, 0.25) is 0 Å². The predicted molar refractivity (Wildman–Crippen MR) is 77.5 cm³/mol. The van der Waals surface area contributed by atoms with E-state index in [0.717, 1.165) is 18.1 Å². The lowest BCUT2D eigenvalue weighted by atomic mass is 9.86. The molecule has 0 saturated heterocycles. The van der Waals surface area contributed by atoms with Crippen LogP contribution in [0, 0.1) is 11.6 Å². The van der Waals surface area contributed by atoms with E-state index in [9.17, 15) is 8.78 Å². The van der Waals surface area contributed by atoms with Gasteiger partial charge in [0.1, 0.15) is 0 Å². The summed E-state index contributed by atoms with van der Waals surface area (Å²) in [4.78, 5) is 0. The Morgan fingerprint density at radius 2 is 1.70 bits per heavy atom. The lowest BCUT2D eigenvalue weighted by Gasteiger charge is -2.23. The van der Waals surface area contributed by atoms with E-state index in [1.54, 1.807) is 6.07 Å². The van der Waals surface area contributed by atoms with E-state index in [4.69, 9.17) is 5.73 Å². The minimum atomic E-state index is -0.817. The van der Waals surface area contributed by atoms with E-state index in [2.05, 4.69) is 6.92 Å². The highest BCUT2D eigenvalue weighted by atomic mass is 19.2. The second-order valence-corrected chi connectivity index (χ2v) is 5.01. The molecular weight excluding hydrogens is 256 g/mol. The molecule has 0 saturated carbocycles. The van der Waals surface area contributed by atoms with Gasteiger partial charge in [-0.3, -0.25) is 0 Å². The van der Waals surface area contributed by atoms with Gasteiger partial charge in [-0.15, -0.1) is 0 Å². The van der Waals surface area contributed by atoms with Crippen LogP contribution in [0.4, 0.5) is 8.78 Å². The van der Waals surface area contributed by atoms with Crippen molar-refractivity contribution in [2.45, 2.75) is 31.7 Å². The quantitative estimate of drug-likeness (QED) is 0.876. The van der Waals surface area contributed by atoms with Gasteiger partial charge in [-0.2, -0.15) is 0 Å². The summed E-state index contributed by atoms with van der Waals surface area (Å²) in [6.45, 7) is 2.06. The maximum Gasteiger partial charge on any atom is 0.162 e. The Kier molecular flexibility index (Phi) is 4.85. The van der Waals surface area contributed by atoms with Crippen molar-refractivity contribution in [1.29, 1.82) is 0 Å². The number of benzene rings is 2. The molecule has 0 aromatic heterocycles. The molecule has 0 radical (unpaired) electrons. The molecule has 3 heteroatoms. The Balaban J connectivity index is 2.18. The van der Waals surface area contributed by atoms with Crippen molar-refractivity contribution in [2.24, 2.45) is 5.73 Å². The van der Waals surface area contributed by atoms with Crippen LogP contribution in [0.5, 0.6) is 0 Å². The fraction of sp³-hybridized carbons (Fsp3) is 0.294. The molecule has 20 heavy (non-hydrogen) atoms. The molecule has 0 aliphatic heterocycles. The summed E-state index contributed by atoms with van der Waals surface area (Å²) in [6, 6.07) is 13.9. The lowest BCUT2D eigenvalue weighted by Crippen LogP contribution is -2.31. The van der Waals surface area contributed by atoms with Crippen molar-refractivity contribution in [3.63, 3.8) is 0 Å². The van der Waals surface area contributed by atoms with E-state index < -0.39 is 11.6 Å². The Morgan fingerprint density at radius 3 is 2.35 bits per heavy atom. The molecule has 0 bridgehead atoms. The Labute approximate surface area is 118 Å². The molecule has 2 unspecified atom stereocenters. The Hall–Kier alpha value is -1.74. The van der Waals surface area contributed by atoms with Gasteiger partial charge < -0.3 is 5.73 Å². The zero-order chi connectivity index (χ0) is 14.5. The van der Waals surface area contributed by atoms with Crippen LogP contribution in [-0.4, -0.2) is 6.04 Å². The van der Waals surface area contributed by atoms with E-state index in [1.165, 1.54) is 6.07 Å². The number of hydrogen-bond acceptors (Lipinski definition) is 1. The third-order valence-corrected chi connectivity index (χ3v) is 3.67. The van der Waals surface area contributed by atoms with Gasteiger partial charge in [0.2, 0.25) is 0 Å². The summed E-state index contributed by atoms with van der Waals surface area (Å²) in [5.41, 5.74) is 7.70. The van der Waals surface area contributed by atoms with Crippen molar-refractivity contribution >= 4 is 0 Å². The molecule has 0 aliphatic carbocycles. The first-order chi connectivity index (χ1) is 9.63. The smallest absolute Gasteiger partial charge is 0.162 e. The molecule has 0 amide bonds. The van der Waals surface area contributed by atoms with Crippen LogP contribution in [0.15, 0.2) is 48.5 Å². The lowest BCUT2D eigenvalue weighted by molar-refractivity contribution is 0.473. The van der Waals surface area contributed by atoms with Crippen LogP contribution in [-0.2, 0) is 6.42 Å². The second-order valence-electron chi connectivity index (χ2n) is 5.01. The van der Waals surface area contributed by atoms with E-state index in [-0.39, 0.29) is 12.0 Å². The highest BCUT2D eigenvalue weighted by Gasteiger charge is 2.20. The van der Waals surface area contributed by atoms with Crippen molar-refractivity contribution in [1.82, 2.24) is 0 Å². The number of nitrogens with two attached hydrogens (primary N) is 1. The maximum absolute atomic E-state index is 13.7. The van der Waals surface area contributed by atoms with E-state index in [0.29, 0.717) is 12.0 Å². The van der Waals surface area contributed by atoms with E-state index >= 15 is 0 Å². The fourth-order valence-corrected chi connectivity index (χ4v) is 2.59. The molecule has 2 atom stereocenters. The Bertz CT molecular complexity index is 554. The topological polar surface area (TPSA) is 26.0 Å². The van der Waals surface area contributed by atoms with Gasteiger partial charge in [0.15, 0.2) is 11.6 Å². The molecule has 2 aromatic carbocycles. The summed E-state index contributed by atoms with van der Waals surface area (Å²) >= 11 is 0. The standard InChI is InChI=1S/C17H19F2N/c1-2-14(12-7-4-3-5-8-12)16(20)11-13-9-6-10-15(18)17(13)19/h3-10,14,16H,2,11,20H2,1H3. The summed E-state index contributed by atoms with van der Waals surface area (Å²) in [5.74, 6) is -1.47. The minimum Gasteiger partial charge on any atom is -0.327 e. The third kappa shape index (κ3) is 3.23. The summed E-state index contributed by atoms with van der Waals surface area (Å²) in [6.07, 6.45) is 1.19.